The lowest BCUT2D eigenvalue weighted by atomic mass is 10.1. The number of carboxylic acids is 1. The van der Waals surface area contributed by atoms with Crippen molar-refractivity contribution in [3.05, 3.63) is 29.3 Å². The summed E-state index contributed by atoms with van der Waals surface area (Å²) in [5.74, 6) is 0.0533. The van der Waals surface area contributed by atoms with Crippen LogP contribution in [-0.2, 0) is 11.3 Å². The largest absolute Gasteiger partial charge is 0.496 e. The molecule has 0 amide bonds. The topological polar surface area (TPSA) is 59.0 Å². The van der Waals surface area contributed by atoms with Crippen LogP contribution in [0.4, 0.5) is 0 Å². The number of carboxylic acid groups (broad SMARTS) is 1. The van der Waals surface area contributed by atoms with Crippen LogP contribution in [0.5, 0.6) is 5.75 Å². The standard InChI is InChI=1S/C15H21NO4/c1-19-10-12-5-6-16(9-12)8-11-3-4-13(15(17)18)14(7-11)20-2/h3-4,7,12H,5-6,8-10H2,1-2H3,(H,17,18). The van der Waals surface area contributed by atoms with Gasteiger partial charge >= 0.3 is 5.97 Å². The first-order chi connectivity index (χ1) is 9.63. The molecular formula is C15H21NO4. The molecule has 5 nitrogen and oxygen atoms in total. The van der Waals surface area contributed by atoms with Gasteiger partial charge < -0.3 is 14.6 Å². The van der Waals surface area contributed by atoms with Gasteiger partial charge in [0.2, 0.25) is 0 Å². The second-order valence-corrected chi connectivity index (χ2v) is 5.18. The second-order valence-electron chi connectivity index (χ2n) is 5.18. The minimum absolute atomic E-state index is 0.204. The summed E-state index contributed by atoms with van der Waals surface area (Å²) < 4.78 is 10.3. The van der Waals surface area contributed by atoms with E-state index in [4.69, 9.17) is 14.6 Å². The summed E-state index contributed by atoms with van der Waals surface area (Å²) in [4.78, 5) is 13.4. The summed E-state index contributed by atoms with van der Waals surface area (Å²) >= 11 is 0. The molecule has 2 rings (SSSR count). The number of hydrogen-bond acceptors (Lipinski definition) is 4. The summed E-state index contributed by atoms with van der Waals surface area (Å²) in [6.45, 7) is 3.70. The molecule has 1 heterocycles. The van der Waals surface area contributed by atoms with E-state index in [0.717, 1.165) is 38.2 Å². The molecule has 0 saturated carbocycles. The first-order valence-electron chi connectivity index (χ1n) is 6.75. The molecule has 1 atom stereocenters. The lowest BCUT2D eigenvalue weighted by Crippen LogP contribution is -2.21. The zero-order chi connectivity index (χ0) is 14.5. The molecule has 5 heteroatoms. The van der Waals surface area contributed by atoms with E-state index in [0.29, 0.717) is 11.7 Å². The van der Waals surface area contributed by atoms with Crippen molar-refractivity contribution in [1.29, 1.82) is 0 Å². The van der Waals surface area contributed by atoms with Crippen LogP contribution in [0.3, 0.4) is 0 Å². The molecule has 0 radical (unpaired) electrons. The SMILES string of the molecule is COCC1CCN(Cc2ccc(C(=O)O)c(OC)c2)C1. The van der Waals surface area contributed by atoms with Crippen LogP contribution >= 0.6 is 0 Å². The first-order valence-corrected chi connectivity index (χ1v) is 6.75. The van der Waals surface area contributed by atoms with Crippen LogP contribution in [0.15, 0.2) is 18.2 Å². The normalized spacial score (nSPS) is 19.2. The predicted octanol–water partition coefficient (Wildman–Crippen LogP) is 1.86. The smallest absolute Gasteiger partial charge is 0.339 e. The summed E-state index contributed by atoms with van der Waals surface area (Å²) in [5, 5.41) is 9.06. The molecule has 1 aromatic carbocycles. The van der Waals surface area contributed by atoms with Gasteiger partial charge in [0.05, 0.1) is 13.7 Å². The van der Waals surface area contributed by atoms with Crippen molar-refractivity contribution in [3.8, 4) is 5.75 Å². The zero-order valence-corrected chi connectivity index (χ0v) is 12.0. The highest BCUT2D eigenvalue weighted by molar-refractivity contribution is 5.90. The van der Waals surface area contributed by atoms with Crippen molar-refractivity contribution < 1.29 is 19.4 Å². The van der Waals surface area contributed by atoms with Gasteiger partial charge in [-0.2, -0.15) is 0 Å². The Hall–Kier alpha value is -1.59. The van der Waals surface area contributed by atoms with Crippen LogP contribution in [0.2, 0.25) is 0 Å². The van der Waals surface area contributed by atoms with E-state index >= 15 is 0 Å². The number of methoxy groups -OCH3 is 2. The van der Waals surface area contributed by atoms with Gasteiger partial charge in [-0.25, -0.2) is 4.79 Å². The van der Waals surface area contributed by atoms with E-state index in [1.807, 2.05) is 12.1 Å². The van der Waals surface area contributed by atoms with Crippen LogP contribution < -0.4 is 4.74 Å². The van der Waals surface area contributed by atoms with Gasteiger partial charge in [-0.15, -0.1) is 0 Å². The lowest BCUT2D eigenvalue weighted by molar-refractivity contribution is 0.0693. The average molecular weight is 279 g/mol. The van der Waals surface area contributed by atoms with E-state index in [1.54, 1.807) is 13.2 Å². The van der Waals surface area contributed by atoms with Crippen molar-refractivity contribution in [2.45, 2.75) is 13.0 Å². The molecule has 1 fully saturated rings. The minimum atomic E-state index is -0.963. The summed E-state index contributed by atoms with van der Waals surface area (Å²) in [6.07, 6.45) is 1.15. The number of ether oxygens (including phenoxy) is 2. The molecule has 1 aliphatic rings. The number of benzene rings is 1. The molecule has 0 bridgehead atoms. The van der Waals surface area contributed by atoms with Crippen LogP contribution in [0, 0.1) is 5.92 Å². The molecule has 0 spiro atoms. The van der Waals surface area contributed by atoms with Gasteiger partial charge in [0, 0.05) is 20.2 Å². The molecule has 1 N–H and O–H groups in total. The summed E-state index contributed by atoms with van der Waals surface area (Å²) in [6, 6.07) is 5.28. The third-order valence-corrected chi connectivity index (χ3v) is 3.67. The van der Waals surface area contributed by atoms with Gasteiger partial charge in [-0.05, 0) is 36.6 Å². The first kappa shape index (κ1) is 14.8. The van der Waals surface area contributed by atoms with Crippen LogP contribution in [-0.4, -0.2) is 49.9 Å². The van der Waals surface area contributed by atoms with Crippen molar-refractivity contribution in [2.75, 3.05) is 33.9 Å². The Balaban J connectivity index is 2.02. The summed E-state index contributed by atoms with van der Waals surface area (Å²) in [7, 11) is 3.23. The highest BCUT2D eigenvalue weighted by atomic mass is 16.5. The zero-order valence-electron chi connectivity index (χ0n) is 12.0. The van der Waals surface area contributed by atoms with Gasteiger partial charge in [0.15, 0.2) is 0 Å². The number of rotatable bonds is 6. The number of nitrogens with zero attached hydrogens (tertiary/aromatic N) is 1. The Morgan fingerprint density at radius 3 is 2.90 bits per heavy atom. The molecule has 1 saturated heterocycles. The molecule has 20 heavy (non-hydrogen) atoms. The Labute approximate surface area is 119 Å². The van der Waals surface area contributed by atoms with Crippen molar-refractivity contribution in [1.82, 2.24) is 4.90 Å². The predicted molar refractivity (Wildman–Crippen MR) is 75.2 cm³/mol. The molecular weight excluding hydrogens is 258 g/mol. The quantitative estimate of drug-likeness (QED) is 0.861. The maximum absolute atomic E-state index is 11.0. The fourth-order valence-corrected chi connectivity index (χ4v) is 2.70. The number of carbonyl (C=O) groups is 1. The van der Waals surface area contributed by atoms with E-state index in [1.165, 1.54) is 7.11 Å². The molecule has 0 aromatic heterocycles. The van der Waals surface area contributed by atoms with Crippen LogP contribution in [0.1, 0.15) is 22.3 Å². The average Bonchev–Trinajstić information content (AvgIpc) is 2.86. The summed E-state index contributed by atoms with van der Waals surface area (Å²) in [5.41, 5.74) is 1.28. The Kier molecular flexibility index (Phi) is 4.98. The maximum Gasteiger partial charge on any atom is 0.339 e. The molecule has 110 valence electrons. The van der Waals surface area contributed by atoms with Gasteiger partial charge in [0.25, 0.3) is 0 Å². The van der Waals surface area contributed by atoms with E-state index in [9.17, 15) is 4.79 Å². The fourth-order valence-electron chi connectivity index (χ4n) is 2.70. The van der Waals surface area contributed by atoms with E-state index in [2.05, 4.69) is 4.90 Å². The lowest BCUT2D eigenvalue weighted by Gasteiger charge is -2.17. The second kappa shape index (κ2) is 6.72. The highest BCUT2D eigenvalue weighted by Crippen LogP contribution is 2.23. The molecule has 0 aliphatic carbocycles. The number of likely N-dealkylation sites (tertiary alicyclic amines) is 1. The fraction of sp³-hybridized carbons (Fsp3) is 0.533. The third-order valence-electron chi connectivity index (χ3n) is 3.67. The van der Waals surface area contributed by atoms with Crippen molar-refractivity contribution in [2.24, 2.45) is 5.92 Å². The Bertz CT molecular complexity index is 475. The van der Waals surface area contributed by atoms with E-state index in [-0.39, 0.29) is 5.56 Å². The molecule has 1 aromatic rings. The van der Waals surface area contributed by atoms with Gasteiger partial charge in [0.1, 0.15) is 11.3 Å². The molecule has 1 aliphatic heterocycles. The highest BCUT2D eigenvalue weighted by Gasteiger charge is 2.22. The Morgan fingerprint density at radius 1 is 1.45 bits per heavy atom. The minimum Gasteiger partial charge on any atom is -0.496 e. The van der Waals surface area contributed by atoms with Crippen molar-refractivity contribution in [3.63, 3.8) is 0 Å². The van der Waals surface area contributed by atoms with E-state index < -0.39 is 5.97 Å². The Morgan fingerprint density at radius 2 is 2.25 bits per heavy atom. The van der Waals surface area contributed by atoms with Gasteiger partial charge in [-0.3, -0.25) is 4.90 Å². The number of hydrogen-bond donors (Lipinski definition) is 1. The van der Waals surface area contributed by atoms with Crippen molar-refractivity contribution >= 4 is 5.97 Å². The molecule has 1 unspecified atom stereocenters. The van der Waals surface area contributed by atoms with Crippen LogP contribution in [0.25, 0.3) is 0 Å². The van der Waals surface area contributed by atoms with Gasteiger partial charge in [-0.1, -0.05) is 6.07 Å². The third kappa shape index (κ3) is 3.49. The monoisotopic (exact) mass is 279 g/mol. The maximum atomic E-state index is 11.0. The number of aromatic carboxylic acids is 1.